The van der Waals surface area contributed by atoms with Crippen LogP contribution in [-0.4, -0.2) is 98.9 Å². The maximum Gasteiger partial charge on any atom is 0.310 e. The predicted molar refractivity (Wildman–Crippen MR) is 197 cm³/mol. The lowest BCUT2D eigenvalue weighted by Crippen LogP contribution is -2.65. The summed E-state index contributed by atoms with van der Waals surface area (Å²) in [5.74, 6) is -0.340. The molecule has 51 heavy (non-hydrogen) atoms. The maximum atomic E-state index is 15.0. The first kappa shape index (κ1) is 37.7. The fourth-order valence-electron chi connectivity index (χ4n) is 9.25. The molecule has 0 saturated carbocycles. The highest BCUT2D eigenvalue weighted by Gasteiger charge is 2.59. The van der Waals surface area contributed by atoms with E-state index in [9.17, 15) is 14.4 Å². The van der Waals surface area contributed by atoms with Crippen LogP contribution in [0.25, 0.3) is 0 Å². The number of nitrogens with one attached hydrogen (secondary N) is 2. The number of alkyl halides is 2. The van der Waals surface area contributed by atoms with E-state index in [-0.39, 0.29) is 29.5 Å². The first-order chi connectivity index (χ1) is 24.8. The van der Waals surface area contributed by atoms with Gasteiger partial charge in [0.05, 0.1) is 32.0 Å². The second-order valence-electron chi connectivity index (χ2n) is 14.8. The van der Waals surface area contributed by atoms with Gasteiger partial charge in [-0.25, -0.2) is 0 Å². The number of halogens is 2. The number of rotatable bonds is 12. The highest BCUT2D eigenvalue weighted by molar-refractivity contribution is 6.18. The number of esters is 1. The summed E-state index contributed by atoms with van der Waals surface area (Å²) >= 11 is 12.8. The van der Waals surface area contributed by atoms with Gasteiger partial charge in [0.25, 0.3) is 0 Å². The summed E-state index contributed by atoms with van der Waals surface area (Å²) in [6, 6.07) is 15.5. The van der Waals surface area contributed by atoms with E-state index in [0.29, 0.717) is 39.0 Å². The zero-order valence-corrected chi connectivity index (χ0v) is 31.4. The van der Waals surface area contributed by atoms with Crippen LogP contribution >= 0.6 is 23.2 Å². The van der Waals surface area contributed by atoms with E-state index < -0.39 is 34.7 Å². The van der Waals surface area contributed by atoms with Crippen molar-refractivity contribution in [2.45, 2.75) is 57.7 Å². The molecule has 2 spiro atoms. The molecular weight excluding hydrogens is 691 g/mol. The molecule has 12 heteroatoms. The molecule has 4 heterocycles. The van der Waals surface area contributed by atoms with Gasteiger partial charge in [-0.2, -0.15) is 0 Å². The molecule has 2 aromatic carbocycles. The number of hydrogen-bond donors (Lipinski definition) is 2. The van der Waals surface area contributed by atoms with E-state index in [1.54, 1.807) is 14.2 Å². The summed E-state index contributed by atoms with van der Waals surface area (Å²) in [4.78, 5) is 47.5. The van der Waals surface area contributed by atoms with Crippen LogP contribution in [0, 0.1) is 28.6 Å². The Kier molecular flexibility index (Phi) is 12.4. The van der Waals surface area contributed by atoms with Crippen LogP contribution in [0.3, 0.4) is 0 Å². The average molecular weight is 744 g/mol. The van der Waals surface area contributed by atoms with Gasteiger partial charge in [-0.05, 0) is 100 Å². The number of methoxy groups -OCH3 is 2. The second-order valence-corrected chi connectivity index (χ2v) is 15.6. The summed E-state index contributed by atoms with van der Waals surface area (Å²) in [6.07, 6.45) is 3.10. The Morgan fingerprint density at radius 1 is 0.706 bits per heavy atom. The molecule has 0 aromatic heterocycles. The third kappa shape index (κ3) is 7.99. The van der Waals surface area contributed by atoms with Gasteiger partial charge in [0.2, 0.25) is 11.8 Å². The van der Waals surface area contributed by atoms with Gasteiger partial charge in [0.1, 0.15) is 17.6 Å². The molecule has 4 fully saturated rings. The summed E-state index contributed by atoms with van der Waals surface area (Å²) in [6.45, 7) is 4.84. The quantitative estimate of drug-likeness (QED) is 0.235. The summed E-state index contributed by atoms with van der Waals surface area (Å²) < 4.78 is 17.5. The number of carbonyl (C=O) groups excluding carboxylic acids is 3. The molecule has 4 aliphatic heterocycles. The van der Waals surface area contributed by atoms with Gasteiger partial charge >= 0.3 is 5.97 Å². The third-order valence-corrected chi connectivity index (χ3v) is 12.3. The molecule has 6 rings (SSSR count). The number of amides is 2. The van der Waals surface area contributed by atoms with E-state index in [1.807, 2.05) is 58.3 Å². The highest BCUT2D eigenvalue weighted by atomic mass is 35.5. The lowest BCUT2D eigenvalue weighted by atomic mass is 9.60. The topological polar surface area (TPSA) is 109 Å². The summed E-state index contributed by atoms with van der Waals surface area (Å²) in [5, 5.41) is 6.94. The Bertz CT molecular complexity index is 1500. The molecule has 2 amide bonds. The number of benzene rings is 2. The van der Waals surface area contributed by atoms with Crippen LogP contribution in [0.2, 0.25) is 0 Å². The van der Waals surface area contributed by atoms with Gasteiger partial charge in [0, 0.05) is 48.8 Å². The van der Waals surface area contributed by atoms with Crippen molar-refractivity contribution in [1.82, 2.24) is 20.4 Å². The number of carbonyl (C=O) groups is 3. The van der Waals surface area contributed by atoms with Crippen LogP contribution in [-0.2, 0) is 32.2 Å². The van der Waals surface area contributed by atoms with Gasteiger partial charge < -0.3 is 34.6 Å². The van der Waals surface area contributed by atoms with Crippen molar-refractivity contribution >= 4 is 41.0 Å². The van der Waals surface area contributed by atoms with Crippen molar-refractivity contribution in [2.24, 2.45) is 28.6 Å². The van der Waals surface area contributed by atoms with Crippen LogP contribution in [0.1, 0.15) is 49.7 Å². The fourth-order valence-corrected chi connectivity index (χ4v) is 9.72. The molecule has 10 nitrogen and oxygen atoms in total. The molecule has 4 unspecified atom stereocenters. The normalized spacial score (nSPS) is 26.0. The molecule has 278 valence electrons. The van der Waals surface area contributed by atoms with Crippen LogP contribution in [0.4, 0.5) is 0 Å². The largest absolute Gasteiger partial charge is 0.497 e. The number of piperidine rings is 4. The van der Waals surface area contributed by atoms with E-state index in [0.717, 1.165) is 74.5 Å². The summed E-state index contributed by atoms with van der Waals surface area (Å²) in [5.41, 5.74) is 1.07. The van der Waals surface area contributed by atoms with Crippen LogP contribution < -0.4 is 20.1 Å². The maximum absolute atomic E-state index is 15.0. The smallest absolute Gasteiger partial charge is 0.310 e. The Labute approximate surface area is 311 Å². The Morgan fingerprint density at radius 2 is 1.14 bits per heavy atom. The lowest BCUT2D eigenvalue weighted by Gasteiger charge is -2.55. The zero-order chi connectivity index (χ0) is 36.0. The first-order valence-electron chi connectivity index (χ1n) is 18.3. The molecular formula is C39H52Cl2N4O6. The van der Waals surface area contributed by atoms with Crippen molar-refractivity contribution in [3.63, 3.8) is 0 Å². The number of likely N-dealkylation sites (tertiary alicyclic amines) is 2. The van der Waals surface area contributed by atoms with E-state index in [1.165, 1.54) is 0 Å². The minimum Gasteiger partial charge on any atom is -0.497 e. The molecule has 4 aliphatic rings. The first-order valence-corrected chi connectivity index (χ1v) is 19.4. The Balaban J connectivity index is 1.30. The van der Waals surface area contributed by atoms with Crippen molar-refractivity contribution in [3.05, 3.63) is 59.7 Å². The van der Waals surface area contributed by atoms with E-state index >= 15 is 0 Å². The van der Waals surface area contributed by atoms with Crippen LogP contribution in [0.5, 0.6) is 11.5 Å². The average Bonchev–Trinajstić information content (AvgIpc) is 3.15. The molecule has 0 radical (unpaired) electrons. The Morgan fingerprint density at radius 3 is 1.61 bits per heavy atom. The molecule has 2 aromatic rings. The van der Waals surface area contributed by atoms with Crippen molar-refractivity contribution in [2.75, 3.05) is 65.2 Å². The van der Waals surface area contributed by atoms with Gasteiger partial charge in [-0.3, -0.25) is 14.4 Å². The predicted octanol–water partition coefficient (Wildman–Crippen LogP) is 4.85. The van der Waals surface area contributed by atoms with E-state index in [2.05, 4.69) is 10.6 Å². The number of ether oxygens (including phenoxy) is 3. The van der Waals surface area contributed by atoms with E-state index in [4.69, 9.17) is 37.4 Å². The molecule has 2 N–H and O–H groups in total. The lowest BCUT2D eigenvalue weighted by molar-refractivity contribution is -0.197. The summed E-state index contributed by atoms with van der Waals surface area (Å²) in [7, 11) is 3.27. The minimum atomic E-state index is -0.666. The fraction of sp³-hybridized carbons (Fsp3) is 0.615. The van der Waals surface area contributed by atoms with Crippen molar-refractivity contribution in [1.29, 1.82) is 0 Å². The number of nitrogens with zero attached hydrogens (tertiary/aromatic N) is 2. The zero-order valence-electron chi connectivity index (χ0n) is 29.8. The molecule has 4 atom stereocenters. The van der Waals surface area contributed by atoms with Gasteiger partial charge in [-0.15, -0.1) is 23.2 Å². The van der Waals surface area contributed by atoms with Gasteiger partial charge in [-0.1, -0.05) is 24.3 Å². The van der Waals surface area contributed by atoms with Gasteiger partial charge in [0.15, 0.2) is 0 Å². The van der Waals surface area contributed by atoms with Crippen molar-refractivity contribution in [3.8, 4) is 11.5 Å². The molecule has 0 bridgehead atoms. The monoisotopic (exact) mass is 742 g/mol. The third-order valence-electron chi connectivity index (χ3n) is 11.9. The highest BCUT2D eigenvalue weighted by Crippen LogP contribution is 2.50. The van der Waals surface area contributed by atoms with Crippen LogP contribution in [0.15, 0.2) is 48.5 Å². The minimum absolute atomic E-state index is 0.0484. The second kappa shape index (κ2) is 16.7. The molecule has 0 aliphatic carbocycles. The van der Waals surface area contributed by atoms with Crippen molar-refractivity contribution < 1.29 is 28.6 Å². The Hall–Kier alpha value is -3.05. The number of hydrogen-bond acceptors (Lipinski definition) is 8. The standard InChI is InChI=1S/C39H52Cl2N4O6/c1-49-29-7-3-27(4-8-29)23-44-25-38(13-19-42-20-14-38)33(31(11-17-40)35(44)46)37(48)51-34-32(12-18-41)36(47)45(26-39(34)15-21-43-22-16-39)24-28-5-9-30(50-2)10-6-28/h3-10,31-34,42-43H,11-26H2,1-2H3. The SMILES string of the molecule is COc1ccc(CN2CC3(CCNCC3)C(OC(=O)C3C(CCCl)C(=O)N(Cc4ccc(OC)cc4)CC34CCNCC4)C(CCCl)C2=O)cc1. The molecule has 4 saturated heterocycles.